The van der Waals surface area contributed by atoms with Gasteiger partial charge in [-0.1, -0.05) is 19.1 Å². The molecule has 0 spiro atoms. The van der Waals surface area contributed by atoms with Gasteiger partial charge >= 0.3 is 6.09 Å². The summed E-state index contributed by atoms with van der Waals surface area (Å²) in [5.74, 6) is 0.877. The number of ether oxygens (including phenoxy) is 1. The highest BCUT2D eigenvalue weighted by atomic mass is 16.6. The topological polar surface area (TPSA) is 149 Å². The fraction of sp³-hybridized carbons (Fsp3) is 0.552. The van der Waals surface area contributed by atoms with Crippen LogP contribution >= 0.6 is 0 Å². The van der Waals surface area contributed by atoms with Crippen LogP contribution in [0.5, 0.6) is 0 Å². The molecule has 2 saturated carbocycles. The van der Waals surface area contributed by atoms with Crippen LogP contribution in [0.4, 0.5) is 10.5 Å². The summed E-state index contributed by atoms with van der Waals surface area (Å²) in [4.78, 5) is 41.5. The van der Waals surface area contributed by atoms with Gasteiger partial charge in [0.15, 0.2) is 0 Å². The number of benzene rings is 1. The molecule has 3 aliphatic rings. The lowest BCUT2D eigenvalue weighted by Crippen LogP contribution is -2.45. The fourth-order valence-corrected chi connectivity index (χ4v) is 5.76. The van der Waals surface area contributed by atoms with Crippen LogP contribution in [-0.4, -0.2) is 57.4 Å². The molecule has 2 unspecified atom stereocenters. The van der Waals surface area contributed by atoms with Gasteiger partial charge in [0.05, 0.1) is 12.2 Å². The second-order valence-electron chi connectivity index (χ2n) is 10.9. The molecule has 5 N–H and O–H groups in total. The lowest BCUT2D eigenvalue weighted by molar-refractivity contribution is -0.137. The molecule has 0 saturated heterocycles. The molecule has 2 heterocycles. The Kier molecular flexibility index (Phi) is 8.40. The summed E-state index contributed by atoms with van der Waals surface area (Å²) in [6.07, 6.45) is 10.6. The number of carbonyl (C=O) groups is 2. The lowest BCUT2D eigenvalue weighted by atomic mass is 9.92. The summed E-state index contributed by atoms with van der Waals surface area (Å²) >= 11 is 0. The number of hydrogen-bond donors (Lipinski definition) is 3. The van der Waals surface area contributed by atoms with Crippen molar-refractivity contribution < 1.29 is 14.3 Å². The number of fused-ring (bicyclic) bond motifs is 1. The summed E-state index contributed by atoms with van der Waals surface area (Å²) < 4.78 is 5.47. The number of aromatic nitrogens is 2. The van der Waals surface area contributed by atoms with E-state index in [9.17, 15) is 9.59 Å². The Morgan fingerprint density at radius 3 is 2.59 bits per heavy atom. The van der Waals surface area contributed by atoms with Crippen molar-refractivity contribution in [2.75, 3.05) is 6.54 Å². The highest BCUT2D eigenvalue weighted by Crippen LogP contribution is 2.34. The predicted molar refractivity (Wildman–Crippen MR) is 149 cm³/mol. The van der Waals surface area contributed by atoms with Crippen molar-refractivity contribution in [3.8, 4) is 11.1 Å². The van der Waals surface area contributed by atoms with Crippen LogP contribution in [0.3, 0.4) is 0 Å². The average molecular weight is 534 g/mol. The molecular formula is C29H39N7O3. The second-order valence-corrected chi connectivity index (χ2v) is 10.9. The maximum absolute atomic E-state index is 13.9. The van der Waals surface area contributed by atoms with Gasteiger partial charge < -0.3 is 26.4 Å². The molecule has 2 aliphatic carbocycles. The number of hydrogen-bond acceptors (Lipinski definition) is 8. The van der Waals surface area contributed by atoms with Crippen LogP contribution in [0.2, 0.25) is 0 Å². The lowest BCUT2D eigenvalue weighted by Gasteiger charge is -2.32. The third kappa shape index (κ3) is 6.38. The number of rotatable bonds is 8. The molecule has 5 rings (SSSR count). The third-order valence-corrected chi connectivity index (χ3v) is 8.08. The van der Waals surface area contributed by atoms with E-state index in [0.717, 1.165) is 67.3 Å². The van der Waals surface area contributed by atoms with Gasteiger partial charge in [-0.3, -0.25) is 4.79 Å². The summed E-state index contributed by atoms with van der Waals surface area (Å²) in [6.45, 7) is 3.06. The Labute approximate surface area is 229 Å². The van der Waals surface area contributed by atoms with E-state index in [1.807, 2.05) is 23.1 Å². The minimum atomic E-state index is -0.329. The van der Waals surface area contributed by atoms with Crippen LogP contribution in [0.25, 0.3) is 11.1 Å². The van der Waals surface area contributed by atoms with Crippen molar-refractivity contribution in [1.29, 1.82) is 0 Å². The Balaban J connectivity index is 1.26. The molecule has 1 aliphatic heterocycles. The highest BCUT2D eigenvalue weighted by Gasteiger charge is 2.36. The molecule has 39 heavy (non-hydrogen) atoms. The van der Waals surface area contributed by atoms with E-state index < -0.39 is 0 Å². The molecule has 10 heteroatoms. The monoisotopic (exact) mass is 533 g/mol. The van der Waals surface area contributed by atoms with E-state index in [1.54, 1.807) is 12.4 Å². The molecule has 2 fully saturated rings. The summed E-state index contributed by atoms with van der Waals surface area (Å²) in [5, 5.41) is 3.03. The van der Waals surface area contributed by atoms with Gasteiger partial charge in [-0.2, -0.15) is 0 Å². The number of carbonyl (C=O) groups excluding carboxylic acids is 2. The quantitative estimate of drug-likeness (QED) is 0.469. The molecule has 1 aromatic carbocycles. The number of nitrogens with two attached hydrogens (primary N) is 2. The number of amidine groups is 1. The Morgan fingerprint density at radius 1 is 1.10 bits per heavy atom. The first-order valence-electron chi connectivity index (χ1n) is 14.2. The predicted octanol–water partition coefficient (Wildman–Crippen LogP) is 3.59. The zero-order chi connectivity index (χ0) is 27.4. The fourth-order valence-electron chi connectivity index (χ4n) is 5.76. The van der Waals surface area contributed by atoms with Gasteiger partial charge in [-0.05, 0) is 68.6 Å². The smallest absolute Gasteiger partial charge is 0.407 e. The molecule has 2 aromatic rings. The van der Waals surface area contributed by atoms with Gasteiger partial charge in [0, 0.05) is 48.9 Å². The van der Waals surface area contributed by atoms with Gasteiger partial charge in [-0.15, -0.1) is 0 Å². The van der Waals surface area contributed by atoms with E-state index in [0.29, 0.717) is 37.6 Å². The first-order chi connectivity index (χ1) is 18.9. The zero-order valence-electron chi connectivity index (χ0n) is 22.6. The molecule has 2 amide bonds. The SMILES string of the molecule is CCCN(C(=O)C1CC(N)=Nc2cc(-c3cnc(CN)nc3)ccc2C1)[C@H]1CCC(NC(=O)OC2CCC2)C1. The first-order valence-corrected chi connectivity index (χ1v) is 14.2. The van der Waals surface area contributed by atoms with E-state index >= 15 is 0 Å². The first kappa shape index (κ1) is 27.1. The Morgan fingerprint density at radius 2 is 1.90 bits per heavy atom. The standard InChI is InChI=1S/C29H39N7O3/c1-2-10-36(23-9-8-22(14-23)34-29(38)39-24-4-3-5-24)28(37)20-11-19-7-6-18(12-25(19)35-26(31)13-20)21-16-32-27(15-30)33-17-21/h6-7,12,16-17,20,22-24H,2-5,8-11,13-15,30H2,1H3,(H2,31,35)(H,34,38)/t20?,22?,23-/m0/s1. The van der Waals surface area contributed by atoms with Crippen LogP contribution in [0.15, 0.2) is 35.6 Å². The van der Waals surface area contributed by atoms with E-state index in [2.05, 4.69) is 27.2 Å². The van der Waals surface area contributed by atoms with Gasteiger partial charge in [0.1, 0.15) is 17.8 Å². The van der Waals surface area contributed by atoms with Crippen LogP contribution in [0, 0.1) is 5.92 Å². The maximum atomic E-state index is 13.9. The molecule has 3 atom stereocenters. The number of nitrogens with one attached hydrogen (secondary N) is 1. The highest BCUT2D eigenvalue weighted by molar-refractivity contribution is 5.91. The normalized spacial score (nSPS) is 22.7. The molecule has 0 radical (unpaired) electrons. The maximum Gasteiger partial charge on any atom is 0.407 e. The molecule has 0 bridgehead atoms. The average Bonchev–Trinajstić information content (AvgIpc) is 3.29. The Hall–Kier alpha value is -3.53. The minimum Gasteiger partial charge on any atom is -0.446 e. The largest absolute Gasteiger partial charge is 0.446 e. The summed E-state index contributed by atoms with van der Waals surface area (Å²) in [7, 11) is 0. The summed E-state index contributed by atoms with van der Waals surface area (Å²) in [5.41, 5.74) is 15.5. The van der Waals surface area contributed by atoms with E-state index in [1.165, 1.54) is 0 Å². The van der Waals surface area contributed by atoms with Crippen LogP contribution in [0.1, 0.15) is 69.7 Å². The Bertz CT molecular complexity index is 1210. The van der Waals surface area contributed by atoms with E-state index in [4.69, 9.17) is 16.2 Å². The number of nitrogens with zero attached hydrogens (tertiary/aromatic N) is 4. The van der Waals surface area contributed by atoms with Crippen molar-refractivity contribution in [2.45, 2.75) is 89.4 Å². The van der Waals surface area contributed by atoms with E-state index in [-0.39, 0.29) is 36.1 Å². The number of alkyl carbamates (subject to hydrolysis) is 1. The van der Waals surface area contributed by atoms with Gasteiger partial charge in [-0.25, -0.2) is 19.8 Å². The molecule has 10 nitrogen and oxygen atoms in total. The molecule has 208 valence electrons. The van der Waals surface area contributed by atoms with Crippen LogP contribution in [-0.2, 0) is 22.5 Å². The minimum absolute atomic E-state index is 0.0255. The second kappa shape index (κ2) is 12.1. The third-order valence-electron chi connectivity index (χ3n) is 8.08. The van der Waals surface area contributed by atoms with Crippen molar-refractivity contribution >= 4 is 23.5 Å². The summed E-state index contributed by atoms with van der Waals surface area (Å²) in [6, 6.07) is 6.13. The number of aliphatic imine (C=N–C) groups is 1. The zero-order valence-corrected chi connectivity index (χ0v) is 22.6. The van der Waals surface area contributed by atoms with Crippen LogP contribution < -0.4 is 16.8 Å². The van der Waals surface area contributed by atoms with Gasteiger partial charge in [0.25, 0.3) is 0 Å². The molecule has 1 aromatic heterocycles. The van der Waals surface area contributed by atoms with Crippen molar-refractivity contribution in [1.82, 2.24) is 20.2 Å². The molecular weight excluding hydrogens is 494 g/mol. The van der Waals surface area contributed by atoms with Crippen molar-refractivity contribution in [3.63, 3.8) is 0 Å². The van der Waals surface area contributed by atoms with Crippen molar-refractivity contribution in [2.24, 2.45) is 22.4 Å². The van der Waals surface area contributed by atoms with Gasteiger partial charge in [0.2, 0.25) is 5.91 Å². The van der Waals surface area contributed by atoms with Crippen molar-refractivity contribution in [3.05, 3.63) is 42.0 Å². The number of amides is 2.